The van der Waals surface area contributed by atoms with Gasteiger partial charge in [-0.1, -0.05) is 6.92 Å². The van der Waals surface area contributed by atoms with Gasteiger partial charge in [-0.15, -0.1) is 11.3 Å². The Kier molecular flexibility index (Phi) is 2.57. The van der Waals surface area contributed by atoms with Crippen molar-refractivity contribution in [1.82, 2.24) is 0 Å². The third-order valence-electron chi connectivity index (χ3n) is 3.01. The topological polar surface area (TPSA) is 54.4 Å². The van der Waals surface area contributed by atoms with E-state index in [0.29, 0.717) is 11.8 Å². The van der Waals surface area contributed by atoms with Crippen LogP contribution in [0.5, 0.6) is 0 Å². The number of thiophene rings is 1. The van der Waals surface area contributed by atoms with Crippen molar-refractivity contribution in [3.63, 3.8) is 0 Å². The second-order valence-corrected chi connectivity index (χ2v) is 5.67. The molecule has 1 N–H and O–H groups in total. The lowest BCUT2D eigenvalue weighted by Crippen LogP contribution is -2.47. The summed E-state index contributed by atoms with van der Waals surface area (Å²) in [6.45, 7) is 1.60. The first kappa shape index (κ1) is 12.2. The van der Waals surface area contributed by atoms with Crippen LogP contribution in [0.25, 0.3) is 0 Å². The predicted octanol–water partition coefficient (Wildman–Crippen LogP) is 2.95. The molecule has 6 heteroatoms. The molecule has 0 unspecified atom stereocenters. The number of carbonyl (C=O) groups is 2. The molecule has 1 heterocycles. The average Bonchev–Trinajstić information content (AvgIpc) is 2.58. The smallest absolute Gasteiger partial charge is 0.346 e. The Bertz CT molecular complexity index is 485. The van der Waals surface area contributed by atoms with Crippen LogP contribution >= 0.6 is 11.3 Å². The molecule has 1 aliphatic carbocycles. The molecule has 0 radical (unpaired) electrons. The molecule has 0 aliphatic heterocycles. The van der Waals surface area contributed by atoms with Crippen LogP contribution in [-0.2, 0) is 5.41 Å². The van der Waals surface area contributed by atoms with Crippen molar-refractivity contribution in [3.05, 3.63) is 21.4 Å². The maximum atomic E-state index is 12.9. The first-order chi connectivity index (χ1) is 7.77. The minimum absolute atomic E-state index is 0.00917. The first-order valence-corrected chi connectivity index (χ1v) is 5.80. The van der Waals surface area contributed by atoms with Gasteiger partial charge in [0.25, 0.3) is 0 Å². The third kappa shape index (κ3) is 1.97. The molecule has 0 bridgehead atoms. The molecule has 2 rings (SSSR count). The number of aromatic carboxylic acids is 1. The quantitative estimate of drug-likeness (QED) is 0.850. The van der Waals surface area contributed by atoms with Crippen LogP contribution in [-0.4, -0.2) is 23.3 Å². The van der Waals surface area contributed by atoms with Crippen molar-refractivity contribution in [2.24, 2.45) is 0 Å². The minimum Gasteiger partial charge on any atom is -0.477 e. The molecule has 0 spiro atoms. The predicted molar refractivity (Wildman–Crippen MR) is 58.2 cm³/mol. The molecular weight excluding hydrogens is 250 g/mol. The third-order valence-corrected chi connectivity index (χ3v) is 4.06. The monoisotopic (exact) mass is 260 g/mol. The van der Waals surface area contributed by atoms with E-state index in [1.54, 1.807) is 6.92 Å². The number of hydrogen-bond acceptors (Lipinski definition) is 3. The van der Waals surface area contributed by atoms with E-state index in [1.165, 1.54) is 6.07 Å². The van der Waals surface area contributed by atoms with Crippen molar-refractivity contribution in [1.29, 1.82) is 0 Å². The average molecular weight is 260 g/mol. The minimum atomic E-state index is -2.73. The summed E-state index contributed by atoms with van der Waals surface area (Å²) in [5.74, 6) is -3.90. The molecule has 0 saturated heterocycles. The molecule has 1 fully saturated rings. The summed E-state index contributed by atoms with van der Waals surface area (Å²) in [6.07, 6.45) is -0.189. The van der Waals surface area contributed by atoms with E-state index in [2.05, 4.69) is 0 Å². The van der Waals surface area contributed by atoms with Crippen molar-refractivity contribution >= 4 is 23.6 Å². The van der Waals surface area contributed by atoms with Gasteiger partial charge in [0.2, 0.25) is 5.92 Å². The molecule has 0 aromatic carbocycles. The van der Waals surface area contributed by atoms with Gasteiger partial charge in [-0.2, -0.15) is 0 Å². The lowest BCUT2D eigenvalue weighted by molar-refractivity contribution is -0.121. The van der Waals surface area contributed by atoms with E-state index >= 15 is 0 Å². The van der Waals surface area contributed by atoms with Gasteiger partial charge < -0.3 is 5.11 Å². The molecular formula is C11H10F2O3S. The maximum Gasteiger partial charge on any atom is 0.346 e. The van der Waals surface area contributed by atoms with Gasteiger partial charge in [0.1, 0.15) is 4.88 Å². The first-order valence-electron chi connectivity index (χ1n) is 4.98. The zero-order valence-corrected chi connectivity index (χ0v) is 9.81. The van der Waals surface area contributed by atoms with E-state index < -0.39 is 17.3 Å². The van der Waals surface area contributed by atoms with Crippen LogP contribution in [0.15, 0.2) is 6.07 Å². The van der Waals surface area contributed by atoms with Crippen LogP contribution in [0.3, 0.4) is 0 Å². The van der Waals surface area contributed by atoms with E-state index in [0.717, 1.165) is 11.3 Å². The van der Waals surface area contributed by atoms with Gasteiger partial charge in [0.15, 0.2) is 6.29 Å². The summed E-state index contributed by atoms with van der Waals surface area (Å²) in [4.78, 5) is 21.9. The highest BCUT2D eigenvalue weighted by Gasteiger charge is 2.55. The van der Waals surface area contributed by atoms with Crippen molar-refractivity contribution in [2.75, 3.05) is 0 Å². The molecule has 0 atom stereocenters. The normalized spacial score (nSPS) is 20.6. The van der Waals surface area contributed by atoms with Crippen molar-refractivity contribution < 1.29 is 23.5 Å². The highest BCUT2D eigenvalue weighted by atomic mass is 32.1. The van der Waals surface area contributed by atoms with E-state index in [9.17, 15) is 18.4 Å². The van der Waals surface area contributed by atoms with Gasteiger partial charge in [0, 0.05) is 18.3 Å². The number of carbonyl (C=O) groups excluding carboxylic acids is 1. The number of halogens is 2. The summed E-state index contributed by atoms with van der Waals surface area (Å²) in [6, 6.07) is 1.41. The summed E-state index contributed by atoms with van der Waals surface area (Å²) in [5, 5.41) is 8.99. The van der Waals surface area contributed by atoms with Crippen LogP contribution in [0.2, 0.25) is 0 Å². The summed E-state index contributed by atoms with van der Waals surface area (Å²) in [7, 11) is 0. The largest absolute Gasteiger partial charge is 0.477 e. The van der Waals surface area contributed by atoms with Crippen LogP contribution < -0.4 is 0 Å². The van der Waals surface area contributed by atoms with Crippen LogP contribution in [0.1, 0.15) is 44.7 Å². The SMILES string of the molecule is CC1(c2cc(C=O)sc2C(=O)O)CC(F)(F)C1. The molecule has 1 aromatic rings. The number of aldehydes is 1. The Labute approximate surface area is 100 Å². The Morgan fingerprint density at radius 3 is 2.53 bits per heavy atom. The second kappa shape index (κ2) is 3.60. The molecule has 3 nitrogen and oxygen atoms in total. The summed E-state index contributed by atoms with van der Waals surface area (Å²) in [5.41, 5.74) is -0.488. The zero-order valence-electron chi connectivity index (χ0n) is 9.00. The fourth-order valence-corrected chi connectivity index (χ4v) is 3.32. The fraction of sp³-hybridized carbons (Fsp3) is 0.455. The van der Waals surface area contributed by atoms with Gasteiger partial charge in [-0.05, 0) is 11.6 Å². The van der Waals surface area contributed by atoms with Gasteiger partial charge in [0.05, 0.1) is 4.88 Å². The summed E-state index contributed by atoms with van der Waals surface area (Å²) < 4.78 is 25.9. The number of hydrogen-bond donors (Lipinski definition) is 1. The van der Waals surface area contributed by atoms with Gasteiger partial charge in [-0.25, -0.2) is 13.6 Å². The molecule has 1 aromatic heterocycles. The second-order valence-electron chi connectivity index (χ2n) is 4.58. The Balaban J connectivity index is 2.42. The van der Waals surface area contributed by atoms with Gasteiger partial charge >= 0.3 is 5.97 Å². The van der Waals surface area contributed by atoms with Gasteiger partial charge in [-0.3, -0.25) is 4.79 Å². The van der Waals surface area contributed by atoms with E-state index in [-0.39, 0.29) is 22.6 Å². The lowest BCUT2D eigenvalue weighted by Gasteiger charge is -2.45. The van der Waals surface area contributed by atoms with Crippen molar-refractivity contribution in [2.45, 2.75) is 31.1 Å². The van der Waals surface area contributed by atoms with Crippen LogP contribution in [0, 0.1) is 0 Å². The number of rotatable bonds is 3. The van der Waals surface area contributed by atoms with Crippen LogP contribution in [0.4, 0.5) is 8.78 Å². The highest BCUT2D eigenvalue weighted by Crippen LogP contribution is 2.54. The Morgan fingerprint density at radius 2 is 2.12 bits per heavy atom. The highest BCUT2D eigenvalue weighted by molar-refractivity contribution is 7.15. The Hall–Kier alpha value is -1.30. The fourth-order valence-electron chi connectivity index (χ4n) is 2.36. The number of carboxylic acid groups (broad SMARTS) is 1. The lowest BCUT2D eigenvalue weighted by atomic mass is 9.63. The maximum absolute atomic E-state index is 12.9. The zero-order chi connectivity index (χ0) is 12.8. The molecule has 92 valence electrons. The Morgan fingerprint density at radius 1 is 1.53 bits per heavy atom. The molecule has 0 amide bonds. The number of carboxylic acids is 1. The summed E-state index contributed by atoms with van der Waals surface area (Å²) >= 11 is 0.831. The molecule has 1 aliphatic rings. The van der Waals surface area contributed by atoms with E-state index in [4.69, 9.17) is 5.11 Å². The standard InChI is InChI=1S/C11H10F2O3S/c1-10(4-11(12,13)5-10)7-2-6(3-14)17-8(7)9(15)16/h2-3H,4-5H2,1H3,(H,15,16). The van der Waals surface area contributed by atoms with Crippen molar-refractivity contribution in [3.8, 4) is 0 Å². The molecule has 17 heavy (non-hydrogen) atoms. The van der Waals surface area contributed by atoms with E-state index in [1.807, 2.05) is 0 Å². The molecule has 1 saturated carbocycles. The number of alkyl halides is 2.